The average Bonchev–Trinajstić information content (AvgIpc) is 3.91. The van der Waals surface area contributed by atoms with Gasteiger partial charge in [-0.3, -0.25) is 33.7 Å². The number of ether oxygens (including phenoxy) is 3. The third kappa shape index (κ3) is 11.2. The van der Waals surface area contributed by atoms with Crippen molar-refractivity contribution in [2.24, 2.45) is 33.5 Å². The SMILES string of the molecule is CC1(C)[C@@H](C(=O)O)CC[C@@]1(C)C(=O)O.CC1(C)[C@@H](C(=O)O)CC[C@@]1(C)C(=O)O.CN1[C@@H]2CC(OC(=O)[C@H](CO)c3ccccc3)C[C@H]1[C@@H]1O[C@@H]12.CN1[C@@H]2CC[C@H]1CC(OC(=O)C(CO)c1ccccc1)C2. The lowest BCUT2D eigenvalue weighted by molar-refractivity contribution is -0.159. The minimum Gasteiger partial charge on any atom is -0.481 e. The lowest BCUT2D eigenvalue weighted by Gasteiger charge is -2.38. The van der Waals surface area contributed by atoms with Crippen LogP contribution in [0, 0.1) is 33.5 Å². The highest BCUT2D eigenvalue weighted by Gasteiger charge is 2.63. The van der Waals surface area contributed by atoms with Crippen LogP contribution in [0.2, 0.25) is 0 Å². The van der Waals surface area contributed by atoms with Crippen LogP contribution >= 0.6 is 0 Å². The molecule has 2 saturated carbocycles. The van der Waals surface area contributed by atoms with Gasteiger partial charge in [-0.1, -0.05) is 88.4 Å². The van der Waals surface area contributed by atoms with Crippen LogP contribution in [0.15, 0.2) is 60.7 Å². The van der Waals surface area contributed by atoms with Crippen molar-refractivity contribution in [1.82, 2.24) is 9.80 Å². The van der Waals surface area contributed by atoms with Crippen molar-refractivity contribution < 1.29 is 73.6 Å². The number of fused-ring (bicyclic) bond motifs is 7. The second-order valence-electron chi connectivity index (χ2n) is 22.3. The van der Waals surface area contributed by atoms with Crippen LogP contribution in [-0.4, -0.2) is 152 Å². The van der Waals surface area contributed by atoms with Crippen molar-refractivity contribution in [3.05, 3.63) is 71.8 Å². The fourth-order valence-electron chi connectivity index (χ4n) is 12.4. The molecule has 2 aliphatic carbocycles. The number of nitrogens with zero attached hydrogens (tertiary/aromatic N) is 2. The zero-order valence-corrected chi connectivity index (χ0v) is 42.4. The van der Waals surface area contributed by atoms with Gasteiger partial charge in [0.05, 0.1) is 35.9 Å². The molecule has 0 radical (unpaired) electrons. The minimum atomic E-state index is -0.921. The number of carbonyl (C=O) groups is 6. The molecule has 17 nitrogen and oxygen atoms in total. The highest BCUT2D eigenvalue weighted by Crippen LogP contribution is 2.57. The first kappa shape index (κ1) is 55.4. The fourth-order valence-corrected chi connectivity index (χ4v) is 12.4. The van der Waals surface area contributed by atoms with Gasteiger partial charge in [-0.15, -0.1) is 0 Å². The van der Waals surface area contributed by atoms with Crippen LogP contribution in [0.1, 0.15) is 129 Å². The Balaban J connectivity index is 0.000000159. The molecule has 4 bridgehead atoms. The Hall–Kier alpha value is -4.94. The average molecular weight is 993 g/mol. The van der Waals surface area contributed by atoms with Gasteiger partial charge in [-0.25, -0.2) is 0 Å². The van der Waals surface area contributed by atoms with E-state index >= 15 is 0 Å². The summed E-state index contributed by atoms with van der Waals surface area (Å²) in [6.45, 7) is 9.76. The Morgan fingerprint density at radius 1 is 0.563 bits per heavy atom. The number of hydrogen-bond acceptors (Lipinski definition) is 13. The molecule has 2 aromatic rings. The van der Waals surface area contributed by atoms with Crippen LogP contribution in [0.4, 0.5) is 0 Å². The van der Waals surface area contributed by atoms with Gasteiger partial charge in [-0.05, 0) is 101 Å². The van der Waals surface area contributed by atoms with Crippen LogP contribution in [0.3, 0.4) is 0 Å². The van der Waals surface area contributed by atoms with Gasteiger partial charge in [0, 0.05) is 37.0 Å². The lowest BCUT2D eigenvalue weighted by Crippen LogP contribution is -2.48. The van der Waals surface area contributed by atoms with E-state index in [0.717, 1.165) is 36.8 Å². The highest BCUT2D eigenvalue weighted by molar-refractivity contribution is 5.81. The summed E-state index contributed by atoms with van der Waals surface area (Å²) >= 11 is 0. The smallest absolute Gasteiger partial charge is 0.316 e. The Bertz CT molecular complexity index is 2130. The number of aliphatic hydroxyl groups is 2. The molecule has 71 heavy (non-hydrogen) atoms. The first-order valence-electron chi connectivity index (χ1n) is 25.1. The fraction of sp³-hybridized carbons (Fsp3) is 0.667. The van der Waals surface area contributed by atoms with Crippen molar-refractivity contribution >= 4 is 35.8 Å². The lowest BCUT2D eigenvalue weighted by atomic mass is 9.66. The van der Waals surface area contributed by atoms with E-state index in [-0.39, 0.29) is 37.4 Å². The molecule has 6 N–H and O–H groups in total. The van der Waals surface area contributed by atoms with E-state index in [0.29, 0.717) is 62.1 Å². The highest BCUT2D eigenvalue weighted by atomic mass is 16.6. The predicted molar refractivity (Wildman–Crippen MR) is 259 cm³/mol. The molecular weight excluding hydrogens is 917 g/mol. The molecule has 7 fully saturated rings. The van der Waals surface area contributed by atoms with Crippen LogP contribution in [-0.2, 0) is 43.0 Å². The summed E-state index contributed by atoms with van der Waals surface area (Å²) in [7, 11) is 4.30. The molecule has 5 heterocycles. The van der Waals surface area contributed by atoms with E-state index in [1.165, 1.54) is 12.8 Å². The number of esters is 2. The van der Waals surface area contributed by atoms with Gasteiger partial charge in [0.15, 0.2) is 0 Å². The van der Waals surface area contributed by atoms with Crippen molar-refractivity contribution in [1.29, 1.82) is 0 Å². The maximum absolute atomic E-state index is 12.4. The zero-order valence-electron chi connectivity index (χ0n) is 42.4. The van der Waals surface area contributed by atoms with E-state index in [9.17, 15) is 39.0 Å². The molecule has 3 unspecified atom stereocenters. The number of benzene rings is 2. The minimum absolute atomic E-state index is 0.00367. The van der Waals surface area contributed by atoms with Gasteiger partial charge in [0.1, 0.15) is 36.3 Å². The van der Waals surface area contributed by atoms with Gasteiger partial charge in [0.2, 0.25) is 0 Å². The maximum Gasteiger partial charge on any atom is 0.316 e. The van der Waals surface area contributed by atoms with Gasteiger partial charge in [-0.2, -0.15) is 0 Å². The summed E-state index contributed by atoms with van der Waals surface area (Å²) in [5, 5.41) is 55.3. The molecule has 7 aliphatic rings. The van der Waals surface area contributed by atoms with Crippen LogP contribution in [0.5, 0.6) is 0 Å². The van der Waals surface area contributed by atoms with E-state index < -0.39 is 69.2 Å². The van der Waals surface area contributed by atoms with E-state index in [2.05, 4.69) is 23.9 Å². The molecule has 5 aliphatic heterocycles. The summed E-state index contributed by atoms with van der Waals surface area (Å²) in [5.74, 6) is -6.45. The number of carboxylic acids is 4. The summed E-state index contributed by atoms with van der Waals surface area (Å²) < 4.78 is 17.1. The molecule has 9 rings (SSSR count). The number of carbonyl (C=O) groups excluding carboxylic acids is 2. The van der Waals surface area contributed by atoms with E-state index in [4.69, 9.17) is 34.6 Å². The normalized spacial score (nSPS) is 34.5. The summed E-state index contributed by atoms with van der Waals surface area (Å²) in [4.78, 5) is 73.7. The van der Waals surface area contributed by atoms with Crippen LogP contribution in [0.25, 0.3) is 0 Å². The number of rotatable bonds is 12. The van der Waals surface area contributed by atoms with Crippen molar-refractivity contribution in [3.8, 4) is 0 Å². The number of hydrogen-bond donors (Lipinski definition) is 6. The molecule has 392 valence electrons. The number of likely N-dealkylation sites (N-methyl/N-ethyl adjacent to an activating group) is 1. The largest absolute Gasteiger partial charge is 0.481 e. The monoisotopic (exact) mass is 993 g/mol. The third-order valence-corrected chi connectivity index (χ3v) is 18.3. The Morgan fingerprint density at radius 3 is 1.21 bits per heavy atom. The first-order valence-corrected chi connectivity index (χ1v) is 25.1. The van der Waals surface area contributed by atoms with E-state index in [1.807, 2.05) is 60.7 Å². The summed E-state index contributed by atoms with van der Waals surface area (Å²) in [6.07, 6.45) is 8.29. The number of piperidine rings is 2. The number of epoxide rings is 1. The zero-order chi connectivity index (χ0) is 52.4. The Kier molecular flexibility index (Phi) is 17.2. The molecule has 0 spiro atoms. The molecular formula is C54H76N2O15. The van der Waals surface area contributed by atoms with Crippen LogP contribution < -0.4 is 0 Å². The number of morpholine rings is 1. The molecule has 2 aromatic carbocycles. The molecule has 0 aromatic heterocycles. The predicted octanol–water partition coefficient (Wildman–Crippen LogP) is 6.05. The quantitative estimate of drug-likeness (QED) is 0.105. The number of aliphatic carboxylic acids is 4. The summed E-state index contributed by atoms with van der Waals surface area (Å²) in [5.41, 5.74) is -1.60. The van der Waals surface area contributed by atoms with E-state index in [1.54, 1.807) is 41.5 Å². The first-order chi connectivity index (χ1) is 33.3. The molecule has 0 amide bonds. The molecule has 14 atom stereocenters. The standard InChI is InChI=1S/C17H21NO4.C17H23NO3.2C10H16O4/c1-18-13-7-11(8-14(18)16-15(13)22-16)21-17(20)12(9-19)10-5-3-2-4-6-10;1-18-13-7-8-14(18)10-15(9-13)21-17(20)16(11-19)12-5-3-2-4-6-12;2*1-9(2)6(7(11)12)4-5-10(9,3)8(13)14/h2-6,11-16,19H,7-9H2,1H3;2-6,13-16,19H,7-11H2,1H3;2*6H,4-5H2,1-3H3,(H,11,12)(H,13,14)/t11?,12-,13-,14+,15-,16+;13-,14+,15?,16?;2*6-,10+/m1.11/s1. The van der Waals surface area contributed by atoms with Crippen molar-refractivity contribution in [2.75, 3.05) is 27.3 Å². The Morgan fingerprint density at radius 2 is 0.915 bits per heavy atom. The van der Waals surface area contributed by atoms with Gasteiger partial charge < -0.3 is 49.7 Å². The maximum atomic E-state index is 12.4. The topological polar surface area (TPSA) is 261 Å². The van der Waals surface area contributed by atoms with Crippen molar-refractivity contribution in [3.63, 3.8) is 0 Å². The van der Waals surface area contributed by atoms with Crippen molar-refractivity contribution in [2.45, 2.75) is 166 Å². The second kappa shape index (κ2) is 22.0. The second-order valence-corrected chi connectivity index (χ2v) is 22.3. The van der Waals surface area contributed by atoms with Gasteiger partial charge >= 0.3 is 35.8 Å². The summed E-state index contributed by atoms with van der Waals surface area (Å²) in [6, 6.07) is 20.5. The number of carboxylic acid groups (broad SMARTS) is 4. The van der Waals surface area contributed by atoms with Gasteiger partial charge in [0.25, 0.3) is 0 Å². The number of aliphatic hydroxyl groups excluding tert-OH is 2. The molecule has 5 saturated heterocycles. The Labute approximate surface area is 416 Å². The molecule has 17 heteroatoms. The third-order valence-electron chi connectivity index (χ3n) is 18.3.